The van der Waals surface area contributed by atoms with Crippen molar-refractivity contribution in [3.63, 3.8) is 0 Å². The molecule has 2 rings (SSSR count). The Bertz CT molecular complexity index is 447. The first-order valence-electron chi connectivity index (χ1n) is 6.43. The average molecular weight is 284 g/mol. The highest BCUT2D eigenvalue weighted by Gasteiger charge is 2.39. The van der Waals surface area contributed by atoms with Crippen molar-refractivity contribution in [3.8, 4) is 0 Å². The maximum atomic E-state index is 12.0. The highest BCUT2D eigenvalue weighted by atomic mass is 16.4. The summed E-state index contributed by atoms with van der Waals surface area (Å²) in [5.41, 5.74) is 0. The number of hydrogen-bond donors (Lipinski definition) is 2. The quantitative estimate of drug-likeness (QED) is 0.612. The summed E-state index contributed by atoms with van der Waals surface area (Å²) in [5, 5.41) is 18.4. The first kappa shape index (κ1) is 14.4. The van der Waals surface area contributed by atoms with Crippen LogP contribution in [-0.2, 0) is 19.2 Å². The third kappa shape index (κ3) is 2.79. The van der Waals surface area contributed by atoms with Crippen molar-refractivity contribution >= 4 is 23.7 Å². The van der Waals surface area contributed by atoms with E-state index in [1.54, 1.807) is 0 Å². The van der Waals surface area contributed by atoms with E-state index in [1.807, 2.05) is 0 Å². The number of aliphatic carboxylic acids is 1. The highest BCUT2D eigenvalue weighted by Crippen LogP contribution is 2.20. The fourth-order valence-corrected chi connectivity index (χ4v) is 2.55. The van der Waals surface area contributed by atoms with Crippen LogP contribution >= 0.6 is 0 Å². The van der Waals surface area contributed by atoms with Gasteiger partial charge in [0.05, 0.1) is 6.10 Å². The summed E-state index contributed by atoms with van der Waals surface area (Å²) in [6, 6.07) is -1.04. The molecule has 0 bridgehead atoms. The molecule has 0 aromatic rings. The minimum atomic E-state index is -1.16. The number of β-amino-alcohol motifs (C(OH)–C–C–N with tert-alkyl or cyclic N) is 1. The van der Waals surface area contributed by atoms with Crippen molar-refractivity contribution in [2.24, 2.45) is 0 Å². The van der Waals surface area contributed by atoms with Gasteiger partial charge in [-0.25, -0.2) is 4.79 Å². The van der Waals surface area contributed by atoms with Gasteiger partial charge in [-0.15, -0.1) is 0 Å². The standard InChI is InChI=1S/C12H16N2O6/c15-7-5-8(12(19)20)14(6-7)11(18)3-4-13-9(16)1-2-10(13)17/h7-8,15H,1-6H2,(H,19,20)/t7-,8-/m0/s1. The van der Waals surface area contributed by atoms with E-state index in [-0.39, 0.29) is 50.6 Å². The van der Waals surface area contributed by atoms with E-state index in [4.69, 9.17) is 5.11 Å². The molecular formula is C12H16N2O6. The molecular weight excluding hydrogens is 268 g/mol. The lowest BCUT2D eigenvalue weighted by Gasteiger charge is -2.22. The summed E-state index contributed by atoms with van der Waals surface area (Å²) in [6.45, 7) is -0.0624. The molecule has 2 atom stereocenters. The van der Waals surface area contributed by atoms with E-state index >= 15 is 0 Å². The molecule has 0 unspecified atom stereocenters. The Morgan fingerprint density at radius 1 is 1.20 bits per heavy atom. The number of carbonyl (C=O) groups excluding carboxylic acids is 3. The molecule has 110 valence electrons. The molecule has 20 heavy (non-hydrogen) atoms. The topological polar surface area (TPSA) is 115 Å². The van der Waals surface area contributed by atoms with Crippen LogP contribution in [0.1, 0.15) is 25.7 Å². The van der Waals surface area contributed by atoms with Gasteiger partial charge >= 0.3 is 5.97 Å². The number of nitrogens with zero attached hydrogens (tertiary/aromatic N) is 2. The van der Waals surface area contributed by atoms with Crippen LogP contribution in [0.5, 0.6) is 0 Å². The van der Waals surface area contributed by atoms with Crippen molar-refractivity contribution in [3.05, 3.63) is 0 Å². The van der Waals surface area contributed by atoms with Crippen LogP contribution in [0.25, 0.3) is 0 Å². The van der Waals surface area contributed by atoms with E-state index in [1.165, 1.54) is 0 Å². The van der Waals surface area contributed by atoms with Gasteiger partial charge in [0.1, 0.15) is 6.04 Å². The highest BCUT2D eigenvalue weighted by molar-refractivity contribution is 6.02. The van der Waals surface area contributed by atoms with Crippen LogP contribution in [0.15, 0.2) is 0 Å². The Kier molecular flexibility index (Phi) is 4.03. The van der Waals surface area contributed by atoms with Crippen molar-refractivity contribution in [1.82, 2.24) is 9.80 Å². The summed E-state index contributed by atoms with van der Waals surface area (Å²) in [6.07, 6.45) is -0.646. The molecule has 8 nitrogen and oxygen atoms in total. The van der Waals surface area contributed by atoms with Crippen LogP contribution in [0, 0.1) is 0 Å². The zero-order valence-corrected chi connectivity index (χ0v) is 10.8. The van der Waals surface area contributed by atoms with Crippen LogP contribution in [0.4, 0.5) is 0 Å². The molecule has 2 saturated heterocycles. The summed E-state index contributed by atoms with van der Waals surface area (Å²) in [7, 11) is 0. The Morgan fingerprint density at radius 2 is 1.80 bits per heavy atom. The molecule has 2 fully saturated rings. The predicted octanol–water partition coefficient (Wildman–Crippen LogP) is -1.43. The average Bonchev–Trinajstić information content (AvgIpc) is 2.91. The zero-order chi connectivity index (χ0) is 14.9. The Hall–Kier alpha value is -1.96. The Morgan fingerprint density at radius 3 is 2.35 bits per heavy atom. The van der Waals surface area contributed by atoms with Gasteiger partial charge in [0.25, 0.3) is 0 Å². The van der Waals surface area contributed by atoms with Gasteiger partial charge < -0.3 is 15.1 Å². The molecule has 0 saturated carbocycles. The Balaban J connectivity index is 1.93. The van der Waals surface area contributed by atoms with Crippen molar-refractivity contribution in [2.75, 3.05) is 13.1 Å². The number of rotatable bonds is 4. The zero-order valence-electron chi connectivity index (χ0n) is 10.8. The van der Waals surface area contributed by atoms with Crippen molar-refractivity contribution in [2.45, 2.75) is 37.8 Å². The fourth-order valence-electron chi connectivity index (χ4n) is 2.55. The van der Waals surface area contributed by atoms with Gasteiger partial charge in [-0.1, -0.05) is 0 Å². The molecule has 0 aromatic carbocycles. The number of aliphatic hydroxyl groups excluding tert-OH is 1. The van der Waals surface area contributed by atoms with Gasteiger partial charge in [-0.3, -0.25) is 19.3 Å². The summed E-state index contributed by atoms with van der Waals surface area (Å²) < 4.78 is 0. The SMILES string of the molecule is O=C(O)[C@@H]1C[C@H](O)CN1C(=O)CCN1C(=O)CCC1=O. The second-order valence-electron chi connectivity index (χ2n) is 4.98. The summed E-state index contributed by atoms with van der Waals surface area (Å²) in [4.78, 5) is 47.9. The van der Waals surface area contributed by atoms with Gasteiger partial charge in [0.2, 0.25) is 17.7 Å². The van der Waals surface area contributed by atoms with Gasteiger partial charge in [0, 0.05) is 38.8 Å². The maximum Gasteiger partial charge on any atom is 0.326 e. The number of aliphatic hydroxyl groups is 1. The predicted molar refractivity (Wildman–Crippen MR) is 64.3 cm³/mol. The van der Waals surface area contributed by atoms with Gasteiger partial charge in [0.15, 0.2) is 0 Å². The van der Waals surface area contributed by atoms with E-state index < -0.39 is 24.0 Å². The fraction of sp³-hybridized carbons (Fsp3) is 0.667. The second-order valence-corrected chi connectivity index (χ2v) is 4.98. The number of carbonyl (C=O) groups is 4. The van der Waals surface area contributed by atoms with Crippen LogP contribution < -0.4 is 0 Å². The Labute approximate surface area is 114 Å². The first-order chi connectivity index (χ1) is 9.40. The third-order valence-electron chi connectivity index (χ3n) is 3.59. The first-order valence-corrected chi connectivity index (χ1v) is 6.43. The van der Waals surface area contributed by atoms with E-state index in [0.717, 1.165) is 9.80 Å². The lowest BCUT2D eigenvalue weighted by Crippen LogP contribution is -2.42. The lowest BCUT2D eigenvalue weighted by molar-refractivity contribution is -0.149. The van der Waals surface area contributed by atoms with Crippen LogP contribution in [-0.4, -0.2) is 68.9 Å². The van der Waals surface area contributed by atoms with Gasteiger partial charge in [-0.05, 0) is 0 Å². The normalized spacial score (nSPS) is 26.4. The summed E-state index contributed by atoms with van der Waals surface area (Å²) in [5.74, 6) is -2.25. The van der Waals surface area contributed by atoms with E-state index in [0.29, 0.717) is 0 Å². The molecule has 2 N–H and O–H groups in total. The molecule has 2 aliphatic rings. The molecule has 0 aliphatic carbocycles. The molecule has 3 amide bonds. The molecule has 8 heteroatoms. The molecule has 2 aliphatic heterocycles. The number of likely N-dealkylation sites (tertiary alicyclic amines) is 2. The monoisotopic (exact) mass is 284 g/mol. The smallest absolute Gasteiger partial charge is 0.326 e. The maximum absolute atomic E-state index is 12.0. The lowest BCUT2D eigenvalue weighted by atomic mass is 10.2. The molecule has 0 aromatic heterocycles. The number of hydrogen-bond acceptors (Lipinski definition) is 5. The minimum absolute atomic E-state index is 0.00263. The largest absolute Gasteiger partial charge is 0.480 e. The summed E-state index contributed by atoms with van der Waals surface area (Å²) >= 11 is 0. The number of amides is 3. The molecule has 0 radical (unpaired) electrons. The number of imide groups is 1. The van der Waals surface area contributed by atoms with Gasteiger partial charge in [-0.2, -0.15) is 0 Å². The van der Waals surface area contributed by atoms with E-state index in [9.17, 15) is 24.3 Å². The third-order valence-corrected chi connectivity index (χ3v) is 3.59. The molecule has 2 heterocycles. The minimum Gasteiger partial charge on any atom is -0.480 e. The van der Waals surface area contributed by atoms with Crippen LogP contribution in [0.3, 0.4) is 0 Å². The van der Waals surface area contributed by atoms with Crippen molar-refractivity contribution < 1.29 is 29.4 Å². The number of carboxylic acid groups (broad SMARTS) is 1. The van der Waals surface area contributed by atoms with Crippen molar-refractivity contribution in [1.29, 1.82) is 0 Å². The number of carboxylic acids is 1. The van der Waals surface area contributed by atoms with Crippen LogP contribution in [0.2, 0.25) is 0 Å². The second kappa shape index (κ2) is 5.58. The van der Waals surface area contributed by atoms with E-state index in [2.05, 4.69) is 0 Å². The molecule has 0 spiro atoms.